The van der Waals surface area contributed by atoms with E-state index in [0.717, 1.165) is 4.31 Å². The largest absolute Gasteiger partial charge is 0.497 e. The molecular formula is C18H18N2O5S. The smallest absolute Gasteiger partial charge is 0.255 e. The molecule has 1 heterocycles. The molecule has 1 unspecified atom stereocenters. The number of nitrogens with one attached hydrogen (secondary N) is 1. The molecule has 1 saturated heterocycles. The number of anilines is 2. The Balaban J connectivity index is 1.84. The Hall–Kier alpha value is -2.87. The fourth-order valence-electron chi connectivity index (χ4n) is 2.74. The lowest BCUT2D eigenvalue weighted by Crippen LogP contribution is -2.30. The molecule has 0 bridgehead atoms. The minimum absolute atomic E-state index is 0.168. The summed E-state index contributed by atoms with van der Waals surface area (Å²) in [6.45, 7) is 1.57. The third-order valence-corrected chi connectivity index (χ3v) is 5.92. The van der Waals surface area contributed by atoms with Crippen molar-refractivity contribution in [1.82, 2.24) is 0 Å². The highest BCUT2D eigenvalue weighted by molar-refractivity contribution is 7.94. The Bertz CT molecular complexity index is 954. The normalized spacial score (nSPS) is 18.6. The first-order valence-corrected chi connectivity index (χ1v) is 9.55. The van der Waals surface area contributed by atoms with E-state index in [1.165, 1.54) is 12.1 Å². The maximum atomic E-state index is 12.4. The van der Waals surface area contributed by atoms with Crippen molar-refractivity contribution in [3.63, 3.8) is 0 Å². The molecule has 2 amide bonds. The molecule has 0 aliphatic carbocycles. The first-order chi connectivity index (χ1) is 12.3. The van der Waals surface area contributed by atoms with Gasteiger partial charge in [-0.05, 0) is 42.5 Å². The molecule has 1 N–H and O–H groups in total. The predicted molar refractivity (Wildman–Crippen MR) is 97.8 cm³/mol. The molecule has 0 spiro atoms. The number of carbonyl (C=O) groups excluding carboxylic acids is 2. The maximum absolute atomic E-state index is 12.4. The molecule has 7 nitrogen and oxygen atoms in total. The third kappa shape index (κ3) is 3.41. The van der Waals surface area contributed by atoms with Gasteiger partial charge in [0.2, 0.25) is 15.9 Å². The second kappa shape index (κ2) is 6.80. The SMILES string of the molecule is COc1ccc(NC(=O)c2cccc(N3C(=O)C(C)CS3(=O)=O)c2)cc1. The van der Waals surface area contributed by atoms with Crippen molar-refractivity contribution in [3.8, 4) is 5.75 Å². The Labute approximate surface area is 151 Å². The summed E-state index contributed by atoms with van der Waals surface area (Å²) in [5, 5.41) is 2.72. The van der Waals surface area contributed by atoms with Crippen LogP contribution in [-0.2, 0) is 14.8 Å². The van der Waals surface area contributed by atoms with E-state index in [4.69, 9.17) is 4.74 Å². The van der Waals surface area contributed by atoms with E-state index in [-0.39, 0.29) is 17.0 Å². The van der Waals surface area contributed by atoms with Crippen molar-refractivity contribution in [3.05, 3.63) is 54.1 Å². The van der Waals surface area contributed by atoms with Crippen LogP contribution >= 0.6 is 0 Å². The fourth-order valence-corrected chi connectivity index (χ4v) is 4.55. The van der Waals surface area contributed by atoms with Gasteiger partial charge in [-0.2, -0.15) is 0 Å². The van der Waals surface area contributed by atoms with Gasteiger partial charge in [0.05, 0.1) is 24.5 Å². The highest BCUT2D eigenvalue weighted by Gasteiger charge is 2.42. The maximum Gasteiger partial charge on any atom is 0.255 e. The highest BCUT2D eigenvalue weighted by atomic mass is 32.2. The number of amides is 2. The van der Waals surface area contributed by atoms with E-state index in [1.54, 1.807) is 50.4 Å². The molecule has 0 radical (unpaired) electrons. The quantitative estimate of drug-likeness (QED) is 0.886. The molecule has 0 aromatic heterocycles. The predicted octanol–water partition coefficient (Wildman–Crippen LogP) is 2.26. The first kappa shape index (κ1) is 17.9. The minimum Gasteiger partial charge on any atom is -0.497 e. The van der Waals surface area contributed by atoms with Crippen LogP contribution in [0.4, 0.5) is 11.4 Å². The van der Waals surface area contributed by atoms with Crippen LogP contribution in [0.3, 0.4) is 0 Å². The summed E-state index contributed by atoms with van der Waals surface area (Å²) in [6.07, 6.45) is 0. The molecule has 26 heavy (non-hydrogen) atoms. The number of rotatable bonds is 4. The van der Waals surface area contributed by atoms with Crippen molar-refractivity contribution in [2.24, 2.45) is 5.92 Å². The van der Waals surface area contributed by atoms with Gasteiger partial charge in [0.25, 0.3) is 5.91 Å². The van der Waals surface area contributed by atoms with Gasteiger partial charge in [-0.1, -0.05) is 13.0 Å². The summed E-state index contributed by atoms with van der Waals surface area (Å²) >= 11 is 0. The second-order valence-corrected chi connectivity index (χ2v) is 7.88. The number of sulfonamides is 1. The summed E-state index contributed by atoms with van der Waals surface area (Å²) in [4.78, 5) is 24.6. The lowest BCUT2D eigenvalue weighted by atomic mass is 10.1. The number of nitrogens with zero attached hydrogens (tertiary/aromatic N) is 1. The van der Waals surface area contributed by atoms with Crippen LogP contribution in [0.15, 0.2) is 48.5 Å². The molecule has 3 rings (SSSR count). The van der Waals surface area contributed by atoms with Crippen LogP contribution in [-0.4, -0.2) is 33.1 Å². The molecule has 2 aromatic carbocycles. The average molecular weight is 374 g/mol. The zero-order valence-electron chi connectivity index (χ0n) is 14.3. The third-order valence-electron chi connectivity index (χ3n) is 4.05. The number of hydrogen-bond acceptors (Lipinski definition) is 5. The van der Waals surface area contributed by atoms with Crippen molar-refractivity contribution in [2.45, 2.75) is 6.92 Å². The topological polar surface area (TPSA) is 92.8 Å². The Morgan fingerprint density at radius 2 is 1.88 bits per heavy atom. The zero-order chi connectivity index (χ0) is 18.9. The van der Waals surface area contributed by atoms with Crippen LogP contribution in [0, 0.1) is 5.92 Å². The molecule has 8 heteroatoms. The van der Waals surface area contributed by atoms with Gasteiger partial charge in [-0.25, -0.2) is 12.7 Å². The van der Waals surface area contributed by atoms with Crippen LogP contribution < -0.4 is 14.4 Å². The highest BCUT2D eigenvalue weighted by Crippen LogP contribution is 2.29. The van der Waals surface area contributed by atoms with Gasteiger partial charge in [-0.15, -0.1) is 0 Å². The summed E-state index contributed by atoms with van der Waals surface area (Å²) in [6, 6.07) is 12.8. The number of carbonyl (C=O) groups is 2. The Kier molecular flexibility index (Phi) is 4.69. The average Bonchev–Trinajstić information content (AvgIpc) is 2.82. The van der Waals surface area contributed by atoms with E-state index >= 15 is 0 Å². The van der Waals surface area contributed by atoms with E-state index < -0.39 is 27.8 Å². The molecule has 136 valence electrons. The fraction of sp³-hybridized carbons (Fsp3) is 0.222. The summed E-state index contributed by atoms with van der Waals surface area (Å²) in [7, 11) is -2.16. The van der Waals surface area contributed by atoms with Crippen LogP contribution in [0.2, 0.25) is 0 Å². The van der Waals surface area contributed by atoms with Crippen LogP contribution in [0.1, 0.15) is 17.3 Å². The van der Waals surface area contributed by atoms with Crippen LogP contribution in [0.25, 0.3) is 0 Å². The molecule has 1 atom stereocenters. The Morgan fingerprint density at radius 1 is 1.19 bits per heavy atom. The van der Waals surface area contributed by atoms with Crippen molar-refractivity contribution >= 4 is 33.2 Å². The van der Waals surface area contributed by atoms with Gasteiger partial charge < -0.3 is 10.1 Å². The van der Waals surface area contributed by atoms with Gasteiger partial charge in [0.1, 0.15) is 5.75 Å². The van der Waals surface area contributed by atoms with Crippen molar-refractivity contribution in [1.29, 1.82) is 0 Å². The van der Waals surface area contributed by atoms with Gasteiger partial charge in [0, 0.05) is 11.3 Å². The molecule has 1 aliphatic heterocycles. The number of ether oxygens (including phenoxy) is 1. The monoisotopic (exact) mass is 374 g/mol. The minimum atomic E-state index is -3.71. The summed E-state index contributed by atoms with van der Waals surface area (Å²) in [5.74, 6) is -1.06. The van der Waals surface area contributed by atoms with Gasteiger partial charge >= 0.3 is 0 Å². The lowest BCUT2D eigenvalue weighted by Gasteiger charge is -2.16. The standard InChI is InChI=1S/C18H18N2O5S/c1-12-11-26(23,24)20(18(12)22)15-5-3-4-13(10-15)17(21)19-14-6-8-16(25-2)9-7-14/h3-10,12H,11H2,1-2H3,(H,19,21). The van der Waals surface area contributed by atoms with Crippen molar-refractivity contribution in [2.75, 3.05) is 22.5 Å². The zero-order valence-corrected chi connectivity index (χ0v) is 15.1. The van der Waals surface area contributed by atoms with Gasteiger partial charge in [-0.3, -0.25) is 9.59 Å². The summed E-state index contributed by atoms with van der Waals surface area (Å²) in [5.41, 5.74) is 0.988. The van der Waals surface area contributed by atoms with E-state index in [9.17, 15) is 18.0 Å². The van der Waals surface area contributed by atoms with Crippen molar-refractivity contribution < 1.29 is 22.7 Å². The first-order valence-electron chi connectivity index (χ1n) is 7.94. The van der Waals surface area contributed by atoms with E-state index in [0.29, 0.717) is 11.4 Å². The molecular weight excluding hydrogens is 356 g/mol. The Morgan fingerprint density at radius 3 is 2.46 bits per heavy atom. The summed E-state index contributed by atoms with van der Waals surface area (Å²) < 4.78 is 30.3. The van der Waals surface area contributed by atoms with Gasteiger partial charge in [0.15, 0.2) is 0 Å². The van der Waals surface area contributed by atoms with Crippen LogP contribution in [0.5, 0.6) is 5.75 Å². The number of benzene rings is 2. The second-order valence-electron chi connectivity index (χ2n) is 6.02. The lowest BCUT2D eigenvalue weighted by molar-refractivity contribution is -0.119. The van der Waals surface area contributed by atoms with E-state index in [1.807, 2.05) is 0 Å². The molecule has 2 aromatic rings. The van der Waals surface area contributed by atoms with E-state index in [2.05, 4.69) is 5.32 Å². The molecule has 1 fully saturated rings. The number of hydrogen-bond donors (Lipinski definition) is 1. The number of methoxy groups -OCH3 is 1. The molecule has 0 saturated carbocycles. The molecule has 1 aliphatic rings.